The minimum atomic E-state index is -3.50. The summed E-state index contributed by atoms with van der Waals surface area (Å²) in [5.41, 5.74) is 0.664. The van der Waals surface area contributed by atoms with Gasteiger partial charge in [-0.1, -0.05) is 41.1 Å². The molecule has 0 bridgehead atoms. The molecule has 0 spiro atoms. The Labute approximate surface area is 149 Å². The summed E-state index contributed by atoms with van der Waals surface area (Å²) in [6, 6.07) is 10.8. The monoisotopic (exact) mass is 415 g/mol. The minimum Gasteiger partial charge on any atom is -0.348 e. The van der Waals surface area contributed by atoms with E-state index in [-0.39, 0.29) is 11.8 Å². The third kappa shape index (κ3) is 5.75. The second kappa shape index (κ2) is 8.08. The van der Waals surface area contributed by atoms with E-state index < -0.39 is 21.5 Å². The van der Waals surface area contributed by atoms with Gasteiger partial charge in [0, 0.05) is 9.35 Å². The maximum atomic E-state index is 12.2. The largest absolute Gasteiger partial charge is 0.348 e. The minimum absolute atomic E-state index is 0.136. The van der Waals surface area contributed by atoms with E-state index in [0.717, 1.165) is 15.8 Å². The third-order valence-corrected chi connectivity index (χ3v) is 6.21. The lowest BCUT2D eigenvalue weighted by Crippen LogP contribution is -2.33. The lowest BCUT2D eigenvalue weighted by molar-refractivity contribution is -0.119. The van der Waals surface area contributed by atoms with E-state index in [1.54, 1.807) is 29.5 Å². The number of amides is 1. The van der Waals surface area contributed by atoms with Crippen molar-refractivity contribution in [3.05, 3.63) is 56.7 Å². The molecule has 0 aliphatic heterocycles. The lowest BCUT2D eigenvalue weighted by Gasteiger charge is -2.15. The summed E-state index contributed by atoms with van der Waals surface area (Å²) in [4.78, 5) is 13.1. The van der Waals surface area contributed by atoms with E-state index in [0.29, 0.717) is 5.56 Å². The molecule has 1 aromatic carbocycles. The van der Waals surface area contributed by atoms with Crippen LogP contribution < -0.4 is 5.32 Å². The molecule has 1 heterocycles. The van der Waals surface area contributed by atoms with E-state index >= 15 is 0 Å². The van der Waals surface area contributed by atoms with Crippen molar-refractivity contribution < 1.29 is 13.2 Å². The van der Waals surface area contributed by atoms with Gasteiger partial charge in [-0.15, -0.1) is 11.3 Å². The number of hydrogen-bond donors (Lipinski definition) is 1. The van der Waals surface area contributed by atoms with Gasteiger partial charge in [-0.05, 0) is 35.6 Å². The maximum absolute atomic E-state index is 12.2. The molecule has 23 heavy (non-hydrogen) atoms. The van der Waals surface area contributed by atoms with Crippen molar-refractivity contribution >= 4 is 43.0 Å². The van der Waals surface area contributed by atoms with Crippen LogP contribution in [0.1, 0.15) is 29.8 Å². The van der Waals surface area contributed by atoms with Crippen LogP contribution in [0.2, 0.25) is 0 Å². The Morgan fingerprint density at radius 2 is 2.09 bits per heavy atom. The van der Waals surface area contributed by atoms with Gasteiger partial charge >= 0.3 is 0 Å². The fraction of sp³-hybridized carbons (Fsp3) is 0.312. The van der Waals surface area contributed by atoms with E-state index in [2.05, 4.69) is 21.2 Å². The standard InChI is InChI=1S/C16H18BrNO3S2/c1-2-14(15-7-4-8-22-15)18-16(19)11-23(20,21)10-12-5-3-6-13(17)9-12/h3-9,14H,2,10-11H2,1H3,(H,18,19). The quantitative estimate of drug-likeness (QED) is 0.749. The number of halogens is 1. The summed E-state index contributed by atoms with van der Waals surface area (Å²) in [5.74, 6) is -1.10. The Hall–Kier alpha value is -1.18. The highest BCUT2D eigenvalue weighted by atomic mass is 79.9. The zero-order chi connectivity index (χ0) is 16.9. The first kappa shape index (κ1) is 18.2. The van der Waals surface area contributed by atoms with Crippen LogP contribution >= 0.6 is 27.3 Å². The van der Waals surface area contributed by atoms with Gasteiger partial charge < -0.3 is 5.32 Å². The van der Waals surface area contributed by atoms with Crippen molar-refractivity contribution in [2.45, 2.75) is 25.1 Å². The van der Waals surface area contributed by atoms with Crippen LogP contribution in [0, 0.1) is 0 Å². The normalized spacial score (nSPS) is 12.8. The summed E-state index contributed by atoms with van der Waals surface area (Å²) in [6.45, 7) is 1.96. The first-order valence-corrected chi connectivity index (χ1v) is 10.7. The van der Waals surface area contributed by atoms with Crippen LogP contribution in [0.4, 0.5) is 0 Å². The molecule has 2 aromatic rings. The van der Waals surface area contributed by atoms with E-state index in [1.807, 2.05) is 30.5 Å². The predicted molar refractivity (Wildman–Crippen MR) is 97.1 cm³/mol. The van der Waals surface area contributed by atoms with Crippen molar-refractivity contribution in [1.29, 1.82) is 0 Å². The number of benzene rings is 1. The van der Waals surface area contributed by atoms with Gasteiger partial charge in [0.1, 0.15) is 5.75 Å². The van der Waals surface area contributed by atoms with Gasteiger partial charge in [-0.2, -0.15) is 0 Å². The van der Waals surface area contributed by atoms with Gasteiger partial charge in [0.2, 0.25) is 5.91 Å². The first-order chi connectivity index (χ1) is 10.9. The summed E-state index contributed by atoms with van der Waals surface area (Å²) in [6.07, 6.45) is 0.720. The van der Waals surface area contributed by atoms with Gasteiger partial charge in [0.15, 0.2) is 9.84 Å². The number of rotatable bonds is 7. The number of hydrogen-bond acceptors (Lipinski definition) is 4. The molecule has 1 atom stereocenters. The van der Waals surface area contributed by atoms with Crippen molar-refractivity contribution in [3.63, 3.8) is 0 Å². The molecule has 4 nitrogen and oxygen atoms in total. The molecule has 0 fully saturated rings. The van der Waals surface area contributed by atoms with E-state index in [1.165, 1.54) is 0 Å². The molecule has 0 aliphatic carbocycles. The maximum Gasteiger partial charge on any atom is 0.235 e. The summed E-state index contributed by atoms with van der Waals surface area (Å²) in [5, 5.41) is 4.74. The van der Waals surface area contributed by atoms with Gasteiger partial charge in [-0.3, -0.25) is 4.79 Å². The van der Waals surface area contributed by atoms with Gasteiger partial charge in [0.05, 0.1) is 11.8 Å². The molecule has 0 saturated carbocycles. The van der Waals surface area contributed by atoms with Crippen LogP contribution in [0.25, 0.3) is 0 Å². The van der Waals surface area contributed by atoms with Crippen LogP contribution in [-0.2, 0) is 20.4 Å². The third-order valence-electron chi connectivity index (χ3n) is 3.26. The molecule has 124 valence electrons. The highest BCUT2D eigenvalue weighted by Gasteiger charge is 2.20. The highest BCUT2D eigenvalue weighted by molar-refractivity contribution is 9.10. The van der Waals surface area contributed by atoms with Crippen LogP contribution in [-0.4, -0.2) is 20.1 Å². The Kier molecular flexibility index (Phi) is 6.38. The van der Waals surface area contributed by atoms with Gasteiger partial charge in [-0.25, -0.2) is 8.42 Å². The van der Waals surface area contributed by atoms with Crippen LogP contribution in [0.3, 0.4) is 0 Å². The molecule has 1 unspecified atom stereocenters. The van der Waals surface area contributed by atoms with Crippen molar-refractivity contribution in [1.82, 2.24) is 5.32 Å². The number of thiophene rings is 1. The molecule has 0 aliphatic rings. The van der Waals surface area contributed by atoms with Gasteiger partial charge in [0.25, 0.3) is 0 Å². The highest BCUT2D eigenvalue weighted by Crippen LogP contribution is 2.21. The molecular formula is C16H18BrNO3S2. The molecule has 0 radical (unpaired) electrons. The first-order valence-electron chi connectivity index (χ1n) is 7.17. The van der Waals surface area contributed by atoms with Crippen molar-refractivity contribution in [2.75, 3.05) is 5.75 Å². The van der Waals surface area contributed by atoms with Crippen molar-refractivity contribution in [3.8, 4) is 0 Å². The zero-order valence-corrected chi connectivity index (χ0v) is 15.9. The average molecular weight is 416 g/mol. The second-order valence-electron chi connectivity index (χ2n) is 5.21. The van der Waals surface area contributed by atoms with E-state index in [9.17, 15) is 13.2 Å². The SMILES string of the molecule is CCC(NC(=O)CS(=O)(=O)Cc1cccc(Br)c1)c1cccs1. The van der Waals surface area contributed by atoms with Crippen LogP contribution in [0.5, 0.6) is 0 Å². The lowest BCUT2D eigenvalue weighted by atomic mass is 10.2. The molecule has 0 saturated heterocycles. The Balaban J connectivity index is 1.98. The molecular weight excluding hydrogens is 398 g/mol. The fourth-order valence-electron chi connectivity index (χ4n) is 2.23. The Morgan fingerprint density at radius 3 is 2.70 bits per heavy atom. The fourth-order valence-corrected chi connectivity index (χ4v) is 4.81. The number of sulfone groups is 1. The topological polar surface area (TPSA) is 63.2 Å². The summed E-state index contributed by atoms with van der Waals surface area (Å²) < 4.78 is 25.2. The number of nitrogens with one attached hydrogen (secondary N) is 1. The average Bonchev–Trinajstić information content (AvgIpc) is 2.97. The molecule has 2 rings (SSSR count). The predicted octanol–water partition coefficient (Wildman–Crippen LogP) is 3.69. The molecule has 1 N–H and O–H groups in total. The van der Waals surface area contributed by atoms with E-state index in [4.69, 9.17) is 0 Å². The smallest absolute Gasteiger partial charge is 0.235 e. The zero-order valence-electron chi connectivity index (χ0n) is 12.7. The molecule has 1 aromatic heterocycles. The second-order valence-corrected chi connectivity index (χ2v) is 9.17. The molecule has 1 amide bonds. The Bertz CT molecular complexity index is 757. The number of carbonyl (C=O) groups excluding carboxylic acids is 1. The summed E-state index contributed by atoms with van der Waals surface area (Å²) >= 11 is 4.86. The van der Waals surface area contributed by atoms with Crippen molar-refractivity contribution in [2.24, 2.45) is 0 Å². The summed E-state index contributed by atoms with van der Waals surface area (Å²) in [7, 11) is -3.50. The Morgan fingerprint density at radius 1 is 1.30 bits per heavy atom. The molecule has 7 heteroatoms. The van der Waals surface area contributed by atoms with Crippen LogP contribution in [0.15, 0.2) is 46.3 Å². The number of carbonyl (C=O) groups is 1.